The molecule has 1 aromatic carbocycles. The number of aromatic nitrogens is 1. The Morgan fingerprint density at radius 2 is 1.94 bits per heavy atom. The van der Waals surface area contributed by atoms with Gasteiger partial charge in [0.2, 0.25) is 0 Å². The van der Waals surface area contributed by atoms with Gasteiger partial charge in [0, 0.05) is 21.9 Å². The van der Waals surface area contributed by atoms with Crippen LogP contribution in [0.2, 0.25) is 0 Å². The molecule has 1 heterocycles. The smallest absolute Gasteiger partial charge is 0.0722 e. The number of hydrogen-bond acceptors (Lipinski definition) is 2. The lowest BCUT2D eigenvalue weighted by Gasteiger charge is -2.06. The third kappa shape index (κ3) is 2.25. The van der Waals surface area contributed by atoms with Gasteiger partial charge in [-0.05, 0) is 30.2 Å². The van der Waals surface area contributed by atoms with Crippen LogP contribution in [0.1, 0.15) is 12.5 Å². The number of pyridine rings is 1. The van der Waals surface area contributed by atoms with E-state index >= 15 is 0 Å². The Balaban J connectivity index is 2.41. The van der Waals surface area contributed by atoms with Crippen molar-refractivity contribution in [2.45, 2.75) is 13.3 Å². The molecule has 0 saturated heterocycles. The van der Waals surface area contributed by atoms with E-state index in [1.807, 2.05) is 36.5 Å². The zero-order valence-electron chi connectivity index (χ0n) is 9.07. The molecule has 0 radical (unpaired) electrons. The zero-order valence-corrected chi connectivity index (χ0v) is 10.7. The van der Waals surface area contributed by atoms with Crippen LogP contribution in [0, 0.1) is 0 Å². The highest BCUT2D eigenvalue weighted by atomic mass is 79.9. The Morgan fingerprint density at radius 1 is 1.25 bits per heavy atom. The average molecular weight is 277 g/mol. The van der Waals surface area contributed by atoms with Crippen LogP contribution < -0.4 is 5.73 Å². The first kappa shape index (κ1) is 11.1. The van der Waals surface area contributed by atoms with E-state index in [9.17, 15) is 0 Å². The fourth-order valence-electron chi connectivity index (χ4n) is 1.57. The average Bonchev–Trinajstić information content (AvgIpc) is 2.30. The summed E-state index contributed by atoms with van der Waals surface area (Å²) in [6.07, 6.45) is 2.77. The van der Waals surface area contributed by atoms with Crippen molar-refractivity contribution >= 4 is 21.6 Å². The van der Waals surface area contributed by atoms with Gasteiger partial charge in [-0.1, -0.05) is 35.0 Å². The lowest BCUT2D eigenvalue weighted by Crippen LogP contribution is -1.95. The normalized spacial score (nSPS) is 10.4. The number of nitrogen functional groups attached to an aromatic ring is 1. The molecule has 2 nitrogen and oxygen atoms in total. The van der Waals surface area contributed by atoms with Gasteiger partial charge in [-0.15, -0.1) is 0 Å². The molecule has 0 unspecified atom stereocenters. The van der Waals surface area contributed by atoms with Crippen LogP contribution in [0.4, 0.5) is 5.69 Å². The highest BCUT2D eigenvalue weighted by Crippen LogP contribution is 2.23. The summed E-state index contributed by atoms with van der Waals surface area (Å²) in [6, 6.07) is 9.99. The summed E-state index contributed by atoms with van der Waals surface area (Å²) in [4.78, 5) is 4.41. The number of halogens is 1. The van der Waals surface area contributed by atoms with Crippen LogP contribution >= 0.6 is 15.9 Å². The highest BCUT2D eigenvalue weighted by molar-refractivity contribution is 9.10. The SMILES string of the molecule is CCc1cnc(-c2ccc(Br)cc2)cc1N. The lowest BCUT2D eigenvalue weighted by molar-refractivity contribution is 1.11. The molecule has 2 aromatic rings. The van der Waals surface area contributed by atoms with Crippen molar-refractivity contribution in [1.82, 2.24) is 4.98 Å². The lowest BCUT2D eigenvalue weighted by atomic mass is 10.1. The maximum Gasteiger partial charge on any atom is 0.0722 e. The summed E-state index contributed by atoms with van der Waals surface area (Å²) in [5.41, 5.74) is 9.86. The summed E-state index contributed by atoms with van der Waals surface area (Å²) in [6.45, 7) is 2.08. The van der Waals surface area contributed by atoms with Gasteiger partial charge in [0.25, 0.3) is 0 Å². The van der Waals surface area contributed by atoms with Gasteiger partial charge in [0.15, 0.2) is 0 Å². The van der Waals surface area contributed by atoms with Gasteiger partial charge in [0.1, 0.15) is 0 Å². The molecule has 82 valence electrons. The van der Waals surface area contributed by atoms with E-state index in [2.05, 4.69) is 27.8 Å². The second kappa shape index (κ2) is 4.66. The quantitative estimate of drug-likeness (QED) is 0.909. The van der Waals surface area contributed by atoms with E-state index in [0.29, 0.717) is 0 Å². The van der Waals surface area contributed by atoms with Gasteiger partial charge < -0.3 is 5.73 Å². The van der Waals surface area contributed by atoms with Crippen LogP contribution in [0.3, 0.4) is 0 Å². The highest BCUT2D eigenvalue weighted by Gasteiger charge is 2.02. The van der Waals surface area contributed by atoms with Crippen molar-refractivity contribution < 1.29 is 0 Å². The maximum absolute atomic E-state index is 5.95. The second-order valence-corrected chi connectivity index (χ2v) is 4.54. The summed E-state index contributed by atoms with van der Waals surface area (Å²) in [5, 5.41) is 0. The summed E-state index contributed by atoms with van der Waals surface area (Å²) < 4.78 is 1.06. The Bertz CT molecular complexity index is 492. The molecule has 0 aliphatic carbocycles. The molecule has 0 fully saturated rings. The molecule has 1 aromatic heterocycles. The molecule has 0 amide bonds. The summed E-state index contributed by atoms with van der Waals surface area (Å²) >= 11 is 3.41. The van der Waals surface area contributed by atoms with Gasteiger partial charge in [-0.3, -0.25) is 4.98 Å². The minimum Gasteiger partial charge on any atom is -0.398 e. The van der Waals surface area contributed by atoms with Crippen LogP contribution in [0.25, 0.3) is 11.3 Å². The number of aryl methyl sites for hydroxylation is 1. The van der Waals surface area contributed by atoms with Crippen molar-refractivity contribution in [3.63, 3.8) is 0 Å². The molecule has 3 heteroatoms. The van der Waals surface area contributed by atoms with E-state index in [0.717, 1.165) is 33.4 Å². The van der Waals surface area contributed by atoms with Crippen molar-refractivity contribution in [3.05, 3.63) is 46.6 Å². The molecule has 16 heavy (non-hydrogen) atoms. The van der Waals surface area contributed by atoms with E-state index in [1.54, 1.807) is 0 Å². The minimum atomic E-state index is 0.815. The first-order valence-electron chi connectivity index (χ1n) is 5.21. The molecule has 0 saturated carbocycles. The van der Waals surface area contributed by atoms with Gasteiger partial charge in [-0.25, -0.2) is 0 Å². The van der Waals surface area contributed by atoms with Crippen LogP contribution in [0.5, 0.6) is 0 Å². The molecule has 0 bridgehead atoms. The van der Waals surface area contributed by atoms with Crippen LogP contribution in [0.15, 0.2) is 41.0 Å². The fourth-order valence-corrected chi connectivity index (χ4v) is 1.84. The molecular formula is C13H13BrN2. The van der Waals surface area contributed by atoms with Crippen molar-refractivity contribution in [1.29, 1.82) is 0 Å². The minimum absolute atomic E-state index is 0.815. The fraction of sp³-hybridized carbons (Fsp3) is 0.154. The third-order valence-electron chi connectivity index (χ3n) is 2.54. The third-order valence-corrected chi connectivity index (χ3v) is 3.07. The molecule has 0 atom stereocenters. The molecule has 2 rings (SSSR count). The Kier molecular flexibility index (Phi) is 3.25. The number of rotatable bonds is 2. The predicted molar refractivity (Wildman–Crippen MR) is 71.2 cm³/mol. The number of nitrogens with two attached hydrogens (primary N) is 1. The molecular weight excluding hydrogens is 264 g/mol. The summed E-state index contributed by atoms with van der Waals surface area (Å²) in [5.74, 6) is 0. The van der Waals surface area contributed by atoms with Crippen LogP contribution in [-0.4, -0.2) is 4.98 Å². The van der Waals surface area contributed by atoms with E-state index in [4.69, 9.17) is 5.73 Å². The first-order valence-corrected chi connectivity index (χ1v) is 6.00. The topological polar surface area (TPSA) is 38.9 Å². The zero-order chi connectivity index (χ0) is 11.5. The maximum atomic E-state index is 5.95. The molecule has 0 spiro atoms. The van der Waals surface area contributed by atoms with Gasteiger partial charge in [0.05, 0.1) is 5.69 Å². The Morgan fingerprint density at radius 3 is 2.50 bits per heavy atom. The monoisotopic (exact) mass is 276 g/mol. The largest absolute Gasteiger partial charge is 0.398 e. The van der Waals surface area contributed by atoms with Gasteiger partial charge >= 0.3 is 0 Å². The molecule has 0 aliphatic heterocycles. The number of benzene rings is 1. The van der Waals surface area contributed by atoms with E-state index in [-0.39, 0.29) is 0 Å². The predicted octanol–water partition coefficient (Wildman–Crippen LogP) is 3.66. The van der Waals surface area contributed by atoms with Gasteiger partial charge in [-0.2, -0.15) is 0 Å². The van der Waals surface area contributed by atoms with Crippen molar-refractivity contribution in [3.8, 4) is 11.3 Å². The number of anilines is 1. The van der Waals surface area contributed by atoms with E-state index in [1.165, 1.54) is 0 Å². The first-order chi connectivity index (χ1) is 7.70. The second-order valence-electron chi connectivity index (χ2n) is 3.63. The number of nitrogens with zero attached hydrogens (tertiary/aromatic N) is 1. The van der Waals surface area contributed by atoms with E-state index < -0.39 is 0 Å². The Hall–Kier alpha value is -1.35. The Labute approximate surface area is 104 Å². The number of hydrogen-bond donors (Lipinski definition) is 1. The van der Waals surface area contributed by atoms with Crippen LogP contribution in [-0.2, 0) is 6.42 Å². The standard InChI is InChI=1S/C13H13BrN2/c1-2-9-8-16-13(7-12(9)15)10-3-5-11(14)6-4-10/h3-8H,2H2,1H3,(H2,15,16). The van der Waals surface area contributed by atoms with Crippen molar-refractivity contribution in [2.24, 2.45) is 0 Å². The molecule has 2 N–H and O–H groups in total. The molecule has 0 aliphatic rings. The summed E-state index contributed by atoms with van der Waals surface area (Å²) in [7, 11) is 0. The van der Waals surface area contributed by atoms with Crippen molar-refractivity contribution in [2.75, 3.05) is 5.73 Å².